The summed E-state index contributed by atoms with van der Waals surface area (Å²) in [5.41, 5.74) is 9.15. The number of rotatable bonds is 4. The second-order valence-electron chi connectivity index (χ2n) is 5.20. The van der Waals surface area contributed by atoms with Gasteiger partial charge in [-0.3, -0.25) is 4.68 Å². The van der Waals surface area contributed by atoms with Crippen molar-refractivity contribution in [2.75, 3.05) is 7.11 Å². The molecule has 0 saturated heterocycles. The van der Waals surface area contributed by atoms with E-state index in [9.17, 15) is 0 Å². The molecule has 4 nitrogen and oxygen atoms in total. The molecule has 1 heterocycles. The second kappa shape index (κ2) is 5.05. The second-order valence-corrected chi connectivity index (χ2v) is 5.20. The van der Waals surface area contributed by atoms with E-state index in [1.165, 1.54) is 0 Å². The number of aromatic nitrogens is 2. The van der Waals surface area contributed by atoms with Crippen molar-refractivity contribution in [1.82, 2.24) is 9.78 Å². The zero-order valence-corrected chi connectivity index (χ0v) is 12.0. The van der Waals surface area contributed by atoms with Gasteiger partial charge in [0.2, 0.25) is 0 Å². The minimum Gasteiger partial charge on any atom is -0.496 e. The highest BCUT2D eigenvalue weighted by Gasteiger charge is 2.26. The molecule has 0 amide bonds. The number of para-hydroxylation sites is 1. The average Bonchev–Trinajstić information content (AvgIpc) is 2.67. The van der Waals surface area contributed by atoms with Crippen LogP contribution < -0.4 is 10.5 Å². The molecule has 1 aromatic carbocycles. The van der Waals surface area contributed by atoms with Crippen molar-refractivity contribution in [2.45, 2.75) is 25.8 Å². The fourth-order valence-electron chi connectivity index (χ4n) is 2.42. The van der Waals surface area contributed by atoms with Crippen LogP contribution in [0, 0.1) is 6.92 Å². The molecule has 0 bridgehead atoms. The van der Waals surface area contributed by atoms with E-state index >= 15 is 0 Å². The fraction of sp³-hybridized carbons (Fsp3) is 0.400. The first-order valence-electron chi connectivity index (χ1n) is 6.36. The number of nitrogens with zero attached hydrogens (tertiary/aromatic N) is 2. The Morgan fingerprint density at radius 1 is 1.37 bits per heavy atom. The molecule has 102 valence electrons. The normalized spacial score (nSPS) is 14.2. The molecule has 1 atom stereocenters. The van der Waals surface area contributed by atoms with Gasteiger partial charge < -0.3 is 10.5 Å². The Kier molecular flexibility index (Phi) is 3.62. The minimum absolute atomic E-state index is 0.493. The molecule has 0 saturated carbocycles. The Morgan fingerprint density at radius 2 is 2.05 bits per heavy atom. The van der Waals surface area contributed by atoms with Crippen LogP contribution in [0.3, 0.4) is 0 Å². The number of nitrogens with two attached hydrogens (primary N) is 1. The number of ether oxygens (including phenoxy) is 1. The lowest BCUT2D eigenvalue weighted by Crippen LogP contribution is -2.36. The molecular formula is C15H21N3O. The predicted molar refractivity (Wildman–Crippen MR) is 76.2 cm³/mol. The van der Waals surface area contributed by atoms with Crippen molar-refractivity contribution in [3.05, 3.63) is 47.3 Å². The van der Waals surface area contributed by atoms with Gasteiger partial charge in [0.05, 0.1) is 12.8 Å². The summed E-state index contributed by atoms with van der Waals surface area (Å²) >= 11 is 0. The first-order valence-corrected chi connectivity index (χ1v) is 6.36. The van der Waals surface area contributed by atoms with Gasteiger partial charge in [-0.1, -0.05) is 18.2 Å². The largest absolute Gasteiger partial charge is 0.496 e. The minimum atomic E-state index is -0.493. The van der Waals surface area contributed by atoms with E-state index in [0.717, 1.165) is 22.7 Å². The topological polar surface area (TPSA) is 53.1 Å². The maximum atomic E-state index is 6.50. The van der Waals surface area contributed by atoms with Crippen LogP contribution in [0.5, 0.6) is 5.75 Å². The van der Waals surface area contributed by atoms with Crippen molar-refractivity contribution in [1.29, 1.82) is 0 Å². The molecule has 4 heteroatoms. The smallest absolute Gasteiger partial charge is 0.123 e. The standard InChI is InChI=1S/C15H21N3O/c1-11-9-12(18(3)17-11)10-15(2,16)13-7-5-6-8-14(13)19-4/h5-9H,10,16H2,1-4H3. The molecule has 1 unspecified atom stereocenters. The summed E-state index contributed by atoms with van der Waals surface area (Å²) in [5, 5.41) is 4.36. The molecule has 0 spiro atoms. The van der Waals surface area contributed by atoms with E-state index in [1.807, 2.05) is 49.8 Å². The Bertz CT molecular complexity index is 573. The van der Waals surface area contributed by atoms with Crippen molar-refractivity contribution in [2.24, 2.45) is 12.8 Å². The Hall–Kier alpha value is -1.81. The molecule has 0 aliphatic heterocycles. The summed E-state index contributed by atoms with van der Waals surface area (Å²) in [6.07, 6.45) is 0.713. The van der Waals surface area contributed by atoms with Crippen LogP contribution in [0.15, 0.2) is 30.3 Å². The third-order valence-electron chi connectivity index (χ3n) is 3.37. The highest BCUT2D eigenvalue weighted by atomic mass is 16.5. The van der Waals surface area contributed by atoms with E-state index in [-0.39, 0.29) is 0 Å². The van der Waals surface area contributed by atoms with Crippen LogP contribution in [0.1, 0.15) is 23.9 Å². The van der Waals surface area contributed by atoms with Gasteiger partial charge in [-0.25, -0.2) is 0 Å². The Labute approximate surface area is 114 Å². The Morgan fingerprint density at radius 3 is 2.63 bits per heavy atom. The maximum Gasteiger partial charge on any atom is 0.123 e. The van der Waals surface area contributed by atoms with Crippen molar-refractivity contribution in [3.63, 3.8) is 0 Å². The van der Waals surface area contributed by atoms with Gasteiger partial charge in [0.1, 0.15) is 5.75 Å². The molecule has 1 aromatic heterocycles. The lowest BCUT2D eigenvalue weighted by molar-refractivity contribution is 0.383. The summed E-state index contributed by atoms with van der Waals surface area (Å²) in [5.74, 6) is 0.825. The van der Waals surface area contributed by atoms with Gasteiger partial charge in [0, 0.05) is 30.3 Å². The molecule has 0 radical (unpaired) electrons. The van der Waals surface area contributed by atoms with Gasteiger partial charge in [-0.05, 0) is 26.0 Å². The molecule has 0 aliphatic carbocycles. The highest BCUT2D eigenvalue weighted by Crippen LogP contribution is 2.30. The first kappa shape index (κ1) is 13.6. The van der Waals surface area contributed by atoms with E-state index < -0.39 is 5.54 Å². The van der Waals surface area contributed by atoms with Crippen molar-refractivity contribution in [3.8, 4) is 5.75 Å². The molecule has 19 heavy (non-hydrogen) atoms. The molecule has 0 aliphatic rings. The van der Waals surface area contributed by atoms with Gasteiger partial charge in [-0.15, -0.1) is 0 Å². The number of hydrogen-bond donors (Lipinski definition) is 1. The van der Waals surface area contributed by atoms with Crippen LogP contribution >= 0.6 is 0 Å². The quantitative estimate of drug-likeness (QED) is 0.915. The van der Waals surface area contributed by atoms with Crippen LogP contribution in [0.2, 0.25) is 0 Å². The number of aryl methyl sites for hydroxylation is 2. The number of hydrogen-bond acceptors (Lipinski definition) is 3. The number of methoxy groups -OCH3 is 1. The van der Waals surface area contributed by atoms with E-state index in [1.54, 1.807) is 7.11 Å². The molecule has 2 N–H and O–H groups in total. The maximum absolute atomic E-state index is 6.50. The highest BCUT2D eigenvalue weighted by molar-refractivity contribution is 5.39. The van der Waals surface area contributed by atoms with Gasteiger partial charge in [0.25, 0.3) is 0 Å². The number of benzene rings is 1. The van der Waals surface area contributed by atoms with Crippen LogP contribution in [-0.2, 0) is 19.0 Å². The van der Waals surface area contributed by atoms with Gasteiger partial charge >= 0.3 is 0 Å². The fourth-order valence-corrected chi connectivity index (χ4v) is 2.42. The predicted octanol–water partition coefficient (Wildman–Crippen LogP) is 2.15. The Balaban J connectivity index is 2.34. The van der Waals surface area contributed by atoms with Crippen LogP contribution in [0.25, 0.3) is 0 Å². The van der Waals surface area contributed by atoms with E-state index in [4.69, 9.17) is 10.5 Å². The van der Waals surface area contributed by atoms with E-state index in [0.29, 0.717) is 6.42 Å². The summed E-state index contributed by atoms with van der Waals surface area (Å²) in [6, 6.07) is 9.96. The molecular weight excluding hydrogens is 238 g/mol. The summed E-state index contributed by atoms with van der Waals surface area (Å²) in [4.78, 5) is 0. The lowest BCUT2D eigenvalue weighted by atomic mass is 9.87. The van der Waals surface area contributed by atoms with Crippen molar-refractivity contribution >= 4 is 0 Å². The monoisotopic (exact) mass is 259 g/mol. The third-order valence-corrected chi connectivity index (χ3v) is 3.37. The van der Waals surface area contributed by atoms with Crippen LogP contribution in [-0.4, -0.2) is 16.9 Å². The molecule has 2 aromatic rings. The summed E-state index contributed by atoms with van der Waals surface area (Å²) in [7, 11) is 3.61. The molecule has 2 rings (SSSR count). The first-order chi connectivity index (χ1) is 8.94. The van der Waals surface area contributed by atoms with Gasteiger partial charge in [-0.2, -0.15) is 5.10 Å². The summed E-state index contributed by atoms with van der Waals surface area (Å²) in [6.45, 7) is 4.01. The average molecular weight is 259 g/mol. The SMILES string of the molecule is COc1ccccc1C(C)(N)Cc1cc(C)nn1C. The zero-order chi connectivity index (χ0) is 14.0. The summed E-state index contributed by atoms with van der Waals surface area (Å²) < 4.78 is 7.29. The molecule has 0 fully saturated rings. The van der Waals surface area contributed by atoms with E-state index in [2.05, 4.69) is 11.2 Å². The lowest BCUT2D eigenvalue weighted by Gasteiger charge is -2.27. The van der Waals surface area contributed by atoms with Gasteiger partial charge in [0.15, 0.2) is 0 Å². The van der Waals surface area contributed by atoms with Crippen LogP contribution in [0.4, 0.5) is 0 Å². The van der Waals surface area contributed by atoms with Crippen molar-refractivity contribution < 1.29 is 4.74 Å². The third kappa shape index (κ3) is 2.79. The zero-order valence-electron chi connectivity index (χ0n) is 12.0.